The molecule has 1 aliphatic carbocycles. The Morgan fingerprint density at radius 3 is 2.66 bits per heavy atom. The van der Waals surface area contributed by atoms with Gasteiger partial charge in [-0.15, -0.1) is 11.3 Å². The molecule has 1 fully saturated rings. The lowest BCUT2D eigenvalue weighted by Crippen LogP contribution is -2.35. The van der Waals surface area contributed by atoms with Crippen molar-refractivity contribution in [2.45, 2.75) is 51.0 Å². The maximum absolute atomic E-state index is 12.6. The first kappa shape index (κ1) is 19.8. The smallest absolute Gasteiger partial charge is 0.226 e. The Labute approximate surface area is 174 Å². The summed E-state index contributed by atoms with van der Waals surface area (Å²) in [4.78, 5) is 18.2. The van der Waals surface area contributed by atoms with Crippen LogP contribution >= 0.6 is 11.3 Å². The number of carbonyl (C=O) groups is 1. The molecule has 7 heteroatoms. The van der Waals surface area contributed by atoms with Gasteiger partial charge in [-0.05, 0) is 31.0 Å². The average Bonchev–Trinajstić information content (AvgIpc) is 3.21. The number of nitrogens with zero attached hydrogens (tertiary/aromatic N) is 2. The minimum atomic E-state index is 0.0953. The summed E-state index contributed by atoms with van der Waals surface area (Å²) in [6.07, 6.45) is 9.54. The van der Waals surface area contributed by atoms with Crippen LogP contribution in [0, 0.1) is 0 Å². The van der Waals surface area contributed by atoms with Crippen molar-refractivity contribution in [3.8, 4) is 22.8 Å². The first-order valence-corrected chi connectivity index (χ1v) is 11.0. The molecular formula is C22H27N3O3S. The van der Waals surface area contributed by atoms with Crippen molar-refractivity contribution in [3.05, 3.63) is 35.5 Å². The van der Waals surface area contributed by atoms with Gasteiger partial charge in [0.05, 0.1) is 26.3 Å². The summed E-state index contributed by atoms with van der Waals surface area (Å²) in [5, 5.41) is 5.25. The number of aromatic nitrogens is 2. The number of benzene rings is 1. The highest BCUT2D eigenvalue weighted by atomic mass is 32.1. The van der Waals surface area contributed by atoms with E-state index in [1.54, 1.807) is 25.6 Å². The fraction of sp³-hybridized carbons (Fsp3) is 0.455. The van der Waals surface area contributed by atoms with E-state index in [1.807, 2.05) is 34.2 Å². The van der Waals surface area contributed by atoms with Crippen molar-refractivity contribution < 1.29 is 14.3 Å². The maximum Gasteiger partial charge on any atom is 0.226 e. The Morgan fingerprint density at radius 2 is 1.93 bits per heavy atom. The molecule has 0 aliphatic heterocycles. The molecule has 2 aromatic heterocycles. The molecule has 0 atom stereocenters. The molecule has 1 aliphatic rings. The second-order valence-electron chi connectivity index (χ2n) is 7.51. The second kappa shape index (κ2) is 8.86. The predicted molar refractivity (Wildman–Crippen MR) is 115 cm³/mol. The van der Waals surface area contributed by atoms with E-state index in [-0.39, 0.29) is 5.91 Å². The maximum atomic E-state index is 12.6. The number of rotatable bonds is 6. The zero-order chi connectivity index (χ0) is 20.2. The molecule has 1 aromatic carbocycles. The van der Waals surface area contributed by atoms with Crippen LogP contribution in [0.4, 0.5) is 0 Å². The monoisotopic (exact) mass is 413 g/mol. The van der Waals surface area contributed by atoms with Crippen LogP contribution in [0.25, 0.3) is 16.2 Å². The van der Waals surface area contributed by atoms with Crippen LogP contribution in [0.5, 0.6) is 11.5 Å². The predicted octanol–water partition coefficient (Wildman–Crippen LogP) is 4.46. The number of hydrogen-bond acceptors (Lipinski definition) is 5. The summed E-state index contributed by atoms with van der Waals surface area (Å²) in [6.45, 7) is 0. The number of methoxy groups -OCH3 is 2. The van der Waals surface area contributed by atoms with E-state index in [2.05, 4.69) is 5.32 Å². The number of nitrogens with one attached hydrogen (secondary N) is 1. The van der Waals surface area contributed by atoms with Gasteiger partial charge in [0.2, 0.25) is 5.91 Å². The van der Waals surface area contributed by atoms with Gasteiger partial charge in [0.25, 0.3) is 0 Å². The number of carbonyl (C=O) groups excluding carboxylic acids is 1. The molecule has 0 spiro atoms. The minimum Gasteiger partial charge on any atom is -0.493 e. The molecule has 4 rings (SSSR count). The van der Waals surface area contributed by atoms with Gasteiger partial charge in [-0.25, -0.2) is 4.98 Å². The van der Waals surface area contributed by atoms with Crippen molar-refractivity contribution in [1.82, 2.24) is 14.7 Å². The van der Waals surface area contributed by atoms with E-state index >= 15 is 0 Å². The van der Waals surface area contributed by atoms with Crippen LogP contribution < -0.4 is 14.8 Å². The van der Waals surface area contributed by atoms with Gasteiger partial charge in [0.15, 0.2) is 16.5 Å². The van der Waals surface area contributed by atoms with Crippen LogP contribution in [0.3, 0.4) is 0 Å². The van der Waals surface area contributed by atoms with Crippen LogP contribution in [0.2, 0.25) is 0 Å². The zero-order valence-electron chi connectivity index (χ0n) is 16.9. The van der Waals surface area contributed by atoms with Gasteiger partial charge in [-0.1, -0.05) is 25.7 Å². The zero-order valence-corrected chi connectivity index (χ0v) is 17.8. The lowest BCUT2D eigenvalue weighted by Gasteiger charge is -2.15. The molecule has 0 bridgehead atoms. The number of amides is 1. The fourth-order valence-corrected chi connectivity index (χ4v) is 4.83. The van der Waals surface area contributed by atoms with Crippen molar-refractivity contribution in [1.29, 1.82) is 0 Å². The second-order valence-corrected chi connectivity index (χ2v) is 8.34. The highest BCUT2D eigenvalue weighted by Gasteiger charge is 2.17. The largest absolute Gasteiger partial charge is 0.493 e. The minimum absolute atomic E-state index is 0.0953. The third kappa shape index (κ3) is 4.40. The normalized spacial score (nSPS) is 15.2. The van der Waals surface area contributed by atoms with E-state index in [1.165, 1.54) is 25.7 Å². The van der Waals surface area contributed by atoms with Gasteiger partial charge in [0.1, 0.15) is 0 Å². The molecule has 0 saturated heterocycles. The Morgan fingerprint density at radius 1 is 1.17 bits per heavy atom. The van der Waals surface area contributed by atoms with Crippen LogP contribution in [-0.2, 0) is 11.2 Å². The van der Waals surface area contributed by atoms with Crippen LogP contribution in [-0.4, -0.2) is 35.6 Å². The van der Waals surface area contributed by atoms with Gasteiger partial charge in [-0.2, -0.15) is 0 Å². The molecule has 1 N–H and O–H groups in total. The van der Waals surface area contributed by atoms with Crippen LogP contribution in [0.1, 0.15) is 44.2 Å². The van der Waals surface area contributed by atoms with Gasteiger partial charge in [-0.3, -0.25) is 9.20 Å². The van der Waals surface area contributed by atoms with Crippen molar-refractivity contribution in [2.75, 3.05) is 14.2 Å². The topological polar surface area (TPSA) is 64.9 Å². The first-order valence-electron chi connectivity index (χ1n) is 10.1. The summed E-state index contributed by atoms with van der Waals surface area (Å²) in [7, 11) is 3.24. The number of imidazole rings is 1. The van der Waals surface area contributed by atoms with E-state index in [9.17, 15) is 4.79 Å². The Hall–Kier alpha value is -2.54. The molecular weight excluding hydrogens is 386 g/mol. The number of fused-ring (bicyclic) bond motifs is 1. The molecule has 3 aromatic rings. The van der Waals surface area contributed by atoms with Gasteiger partial charge in [0, 0.05) is 28.9 Å². The lowest BCUT2D eigenvalue weighted by atomic mass is 10.1. The SMILES string of the molecule is COc1ccc(-c2cn3c(CC(=O)NC4CCCCCC4)csc3n2)cc1OC. The first-order chi connectivity index (χ1) is 14.2. The molecule has 2 heterocycles. The summed E-state index contributed by atoms with van der Waals surface area (Å²) in [5.41, 5.74) is 2.77. The Balaban J connectivity index is 1.51. The van der Waals surface area contributed by atoms with Gasteiger partial charge < -0.3 is 14.8 Å². The Kier molecular flexibility index (Phi) is 6.04. The highest BCUT2D eigenvalue weighted by molar-refractivity contribution is 7.15. The third-order valence-corrected chi connectivity index (χ3v) is 6.41. The van der Waals surface area contributed by atoms with E-state index in [0.29, 0.717) is 24.0 Å². The number of thiazole rings is 1. The van der Waals surface area contributed by atoms with Crippen LogP contribution in [0.15, 0.2) is 29.8 Å². The summed E-state index contributed by atoms with van der Waals surface area (Å²) >= 11 is 1.55. The van der Waals surface area contributed by atoms with Crippen molar-refractivity contribution in [2.24, 2.45) is 0 Å². The fourth-order valence-electron chi connectivity index (χ4n) is 3.96. The van der Waals surface area contributed by atoms with Crippen molar-refractivity contribution in [3.63, 3.8) is 0 Å². The molecule has 0 unspecified atom stereocenters. The molecule has 1 amide bonds. The summed E-state index contributed by atoms with van der Waals surface area (Å²) in [6, 6.07) is 6.09. The third-order valence-electron chi connectivity index (χ3n) is 5.52. The number of ether oxygens (including phenoxy) is 2. The molecule has 0 radical (unpaired) electrons. The van der Waals surface area contributed by atoms with Gasteiger partial charge >= 0.3 is 0 Å². The summed E-state index contributed by atoms with van der Waals surface area (Å²) < 4.78 is 12.7. The quantitative estimate of drug-likeness (QED) is 0.606. The van der Waals surface area contributed by atoms with E-state index < -0.39 is 0 Å². The van der Waals surface area contributed by atoms with E-state index in [4.69, 9.17) is 14.5 Å². The average molecular weight is 414 g/mol. The highest BCUT2D eigenvalue weighted by Crippen LogP contribution is 2.32. The summed E-state index contributed by atoms with van der Waals surface area (Å²) in [5.74, 6) is 1.45. The van der Waals surface area contributed by atoms with E-state index in [0.717, 1.165) is 34.8 Å². The molecule has 1 saturated carbocycles. The lowest BCUT2D eigenvalue weighted by molar-refractivity contribution is -0.121. The molecule has 6 nitrogen and oxygen atoms in total. The molecule has 154 valence electrons. The Bertz CT molecular complexity index is 987. The molecule has 29 heavy (non-hydrogen) atoms. The van der Waals surface area contributed by atoms with Crippen molar-refractivity contribution >= 4 is 22.2 Å². The number of hydrogen-bond donors (Lipinski definition) is 1. The standard InChI is InChI=1S/C22H27N3O3S/c1-27-19-10-9-15(11-20(19)28-2)18-13-25-17(14-29-22(25)24-18)12-21(26)23-16-7-5-3-4-6-8-16/h9-11,13-14,16H,3-8,12H2,1-2H3,(H,23,26).